The maximum Gasteiger partial charge on any atom is 0.324 e. The number of nitro groups is 1. The van der Waals surface area contributed by atoms with E-state index in [-0.39, 0.29) is 21.8 Å². The molecule has 0 atom stereocenters. The van der Waals surface area contributed by atoms with Gasteiger partial charge in [-0.25, -0.2) is 8.42 Å². The molecule has 2 aromatic rings. The van der Waals surface area contributed by atoms with Crippen molar-refractivity contribution in [3.63, 3.8) is 0 Å². The molecule has 0 aliphatic carbocycles. The molecule has 0 bridgehead atoms. The number of anilines is 1. The minimum absolute atomic E-state index is 0.0657. The van der Waals surface area contributed by atoms with E-state index < -0.39 is 27.5 Å². The van der Waals surface area contributed by atoms with Crippen LogP contribution in [0.4, 0.5) is 11.4 Å². The number of carboxylic acids is 1. The number of hydrogen-bond acceptors (Lipinski definition) is 5. The first-order chi connectivity index (χ1) is 11.6. The van der Waals surface area contributed by atoms with Crippen LogP contribution in [0, 0.1) is 17.0 Å². The van der Waals surface area contributed by atoms with Crippen molar-refractivity contribution in [2.75, 3.05) is 10.8 Å². The van der Waals surface area contributed by atoms with E-state index in [2.05, 4.69) is 15.9 Å². The minimum Gasteiger partial charge on any atom is -0.480 e. The predicted octanol–water partition coefficient (Wildman–Crippen LogP) is 2.95. The summed E-state index contributed by atoms with van der Waals surface area (Å²) in [6.07, 6.45) is 0. The van der Waals surface area contributed by atoms with Crippen LogP contribution < -0.4 is 4.31 Å². The Bertz CT molecular complexity index is 928. The molecule has 2 aromatic carbocycles. The van der Waals surface area contributed by atoms with Crippen molar-refractivity contribution in [3.05, 3.63) is 62.6 Å². The SMILES string of the molecule is Cc1cc([N+](=O)[O-])ccc1N(CC(=O)O)S(=O)(=O)c1ccc(Br)cc1. The van der Waals surface area contributed by atoms with E-state index in [1.807, 2.05) is 0 Å². The molecule has 0 spiro atoms. The molecule has 1 N–H and O–H groups in total. The van der Waals surface area contributed by atoms with Crippen LogP contribution in [0.2, 0.25) is 0 Å². The maximum absolute atomic E-state index is 12.9. The zero-order chi connectivity index (χ0) is 18.8. The molecule has 0 saturated heterocycles. The Kier molecular flexibility index (Phi) is 5.43. The summed E-state index contributed by atoms with van der Waals surface area (Å²) in [5.41, 5.74) is 0.129. The predicted molar refractivity (Wildman–Crippen MR) is 94.1 cm³/mol. The fourth-order valence-corrected chi connectivity index (χ4v) is 3.93. The van der Waals surface area contributed by atoms with Crippen LogP contribution in [0.3, 0.4) is 0 Å². The number of nitro benzene ring substituents is 1. The van der Waals surface area contributed by atoms with Gasteiger partial charge in [-0.1, -0.05) is 15.9 Å². The van der Waals surface area contributed by atoms with Gasteiger partial charge in [-0.3, -0.25) is 19.2 Å². The number of halogens is 1. The van der Waals surface area contributed by atoms with Gasteiger partial charge in [-0.2, -0.15) is 0 Å². The Hall–Kier alpha value is -2.46. The summed E-state index contributed by atoms with van der Waals surface area (Å²) in [5, 5.41) is 19.9. The Balaban J connectivity index is 2.58. The topological polar surface area (TPSA) is 118 Å². The summed E-state index contributed by atoms with van der Waals surface area (Å²) in [5.74, 6) is -1.35. The molecule has 10 heteroatoms. The molecular weight excluding hydrogens is 416 g/mol. The van der Waals surface area contributed by atoms with Crippen LogP contribution in [0.25, 0.3) is 0 Å². The van der Waals surface area contributed by atoms with Crippen molar-refractivity contribution in [1.82, 2.24) is 0 Å². The van der Waals surface area contributed by atoms with Gasteiger partial charge in [0.05, 0.1) is 15.5 Å². The normalized spacial score (nSPS) is 11.1. The number of nitrogens with zero attached hydrogens (tertiary/aromatic N) is 2. The number of rotatable bonds is 6. The molecule has 0 aliphatic rings. The van der Waals surface area contributed by atoms with Crippen LogP contribution in [-0.2, 0) is 14.8 Å². The smallest absolute Gasteiger partial charge is 0.324 e. The molecule has 2 rings (SSSR count). The zero-order valence-electron chi connectivity index (χ0n) is 12.9. The number of sulfonamides is 1. The lowest BCUT2D eigenvalue weighted by atomic mass is 10.2. The van der Waals surface area contributed by atoms with Gasteiger partial charge in [-0.05, 0) is 42.8 Å². The Morgan fingerprint density at radius 3 is 2.32 bits per heavy atom. The number of non-ortho nitro benzene ring substituents is 1. The quantitative estimate of drug-likeness (QED) is 0.557. The molecular formula is C15H13BrN2O6S. The average molecular weight is 429 g/mol. The van der Waals surface area contributed by atoms with E-state index in [1.54, 1.807) is 0 Å². The first kappa shape index (κ1) is 18.9. The number of carboxylic acid groups (broad SMARTS) is 1. The van der Waals surface area contributed by atoms with Crippen LogP contribution in [0.5, 0.6) is 0 Å². The summed E-state index contributed by atoms with van der Waals surface area (Å²) in [6.45, 7) is 0.672. The zero-order valence-corrected chi connectivity index (χ0v) is 15.3. The van der Waals surface area contributed by atoms with Gasteiger partial charge in [0.15, 0.2) is 0 Å². The molecule has 132 valence electrons. The van der Waals surface area contributed by atoms with Crippen molar-refractivity contribution >= 4 is 43.3 Å². The second kappa shape index (κ2) is 7.19. The second-order valence-corrected chi connectivity index (χ2v) is 7.87. The Labute approximate surface area is 152 Å². The number of benzene rings is 2. The lowest BCUT2D eigenvalue weighted by Crippen LogP contribution is -2.36. The molecule has 0 amide bonds. The van der Waals surface area contributed by atoms with E-state index in [1.165, 1.54) is 43.3 Å². The van der Waals surface area contributed by atoms with Crippen molar-refractivity contribution in [2.24, 2.45) is 0 Å². The van der Waals surface area contributed by atoms with Gasteiger partial charge in [0.25, 0.3) is 15.7 Å². The highest BCUT2D eigenvalue weighted by atomic mass is 79.9. The summed E-state index contributed by atoms with van der Waals surface area (Å²) < 4.78 is 27.1. The van der Waals surface area contributed by atoms with Crippen LogP contribution in [0.1, 0.15) is 5.56 Å². The monoisotopic (exact) mass is 428 g/mol. The number of carbonyl (C=O) groups is 1. The fourth-order valence-electron chi connectivity index (χ4n) is 2.19. The fraction of sp³-hybridized carbons (Fsp3) is 0.133. The molecule has 25 heavy (non-hydrogen) atoms. The van der Waals surface area contributed by atoms with Gasteiger partial charge in [-0.15, -0.1) is 0 Å². The summed E-state index contributed by atoms with van der Waals surface area (Å²) in [6, 6.07) is 9.29. The maximum atomic E-state index is 12.9. The molecule has 0 aliphatic heterocycles. The van der Waals surface area contributed by atoms with Crippen LogP contribution in [-0.4, -0.2) is 31.0 Å². The molecule has 0 aromatic heterocycles. The standard InChI is InChI=1S/C15H13BrN2O6S/c1-10-8-12(18(21)22)4-7-14(10)17(9-15(19)20)25(23,24)13-5-2-11(16)3-6-13/h2-8H,9H2,1H3,(H,19,20). The van der Waals surface area contributed by atoms with Gasteiger partial charge in [0, 0.05) is 16.6 Å². The van der Waals surface area contributed by atoms with E-state index in [0.717, 1.165) is 10.4 Å². The molecule has 0 fully saturated rings. The van der Waals surface area contributed by atoms with Crippen LogP contribution >= 0.6 is 15.9 Å². The summed E-state index contributed by atoms with van der Waals surface area (Å²) >= 11 is 3.20. The van der Waals surface area contributed by atoms with Gasteiger partial charge >= 0.3 is 5.97 Å². The summed E-state index contributed by atoms with van der Waals surface area (Å²) in [4.78, 5) is 21.3. The third-order valence-electron chi connectivity index (χ3n) is 3.34. The third-order valence-corrected chi connectivity index (χ3v) is 5.64. The van der Waals surface area contributed by atoms with Crippen LogP contribution in [0.15, 0.2) is 51.8 Å². The average Bonchev–Trinajstić information content (AvgIpc) is 2.53. The molecule has 0 heterocycles. The lowest BCUT2D eigenvalue weighted by molar-refractivity contribution is -0.384. The van der Waals surface area contributed by atoms with E-state index in [0.29, 0.717) is 4.47 Å². The van der Waals surface area contributed by atoms with Crippen molar-refractivity contribution in [1.29, 1.82) is 0 Å². The Morgan fingerprint density at radius 1 is 1.24 bits per heavy atom. The lowest BCUT2D eigenvalue weighted by Gasteiger charge is -2.24. The van der Waals surface area contributed by atoms with Gasteiger partial charge < -0.3 is 5.11 Å². The minimum atomic E-state index is -4.16. The van der Waals surface area contributed by atoms with E-state index >= 15 is 0 Å². The van der Waals surface area contributed by atoms with Crippen molar-refractivity contribution < 1.29 is 23.2 Å². The number of hydrogen-bond donors (Lipinski definition) is 1. The number of aryl methyl sites for hydroxylation is 1. The second-order valence-electron chi connectivity index (χ2n) is 5.09. The van der Waals surface area contributed by atoms with E-state index in [9.17, 15) is 23.3 Å². The van der Waals surface area contributed by atoms with Crippen molar-refractivity contribution in [2.45, 2.75) is 11.8 Å². The molecule has 0 unspecified atom stereocenters. The third kappa shape index (κ3) is 4.15. The molecule has 8 nitrogen and oxygen atoms in total. The Morgan fingerprint density at radius 2 is 1.84 bits per heavy atom. The highest BCUT2D eigenvalue weighted by molar-refractivity contribution is 9.10. The highest BCUT2D eigenvalue weighted by Crippen LogP contribution is 2.29. The van der Waals surface area contributed by atoms with E-state index in [4.69, 9.17) is 5.11 Å². The molecule has 0 saturated carbocycles. The first-order valence-corrected chi connectivity index (χ1v) is 9.11. The number of aliphatic carboxylic acids is 1. The van der Waals surface area contributed by atoms with Crippen molar-refractivity contribution in [3.8, 4) is 0 Å². The summed E-state index contributed by atoms with van der Waals surface area (Å²) in [7, 11) is -4.16. The van der Waals surface area contributed by atoms with Gasteiger partial charge in [0.2, 0.25) is 0 Å². The highest BCUT2D eigenvalue weighted by Gasteiger charge is 2.28. The largest absolute Gasteiger partial charge is 0.480 e. The molecule has 0 radical (unpaired) electrons. The first-order valence-electron chi connectivity index (χ1n) is 6.88. The van der Waals surface area contributed by atoms with Gasteiger partial charge in [0.1, 0.15) is 6.54 Å².